The quantitative estimate of drug-likeness (QED) is 0.735. The van der Waals surface area contributed by atoms with E-state index in [-0.39, 0.29) is 23.8 Å². The van der Waals surface area contributed by atoms with Gasteiger partial charge in [-0.15, -0.1) is 0 Å². The van der Waals surface area contributed by atoms with Crippen LogP contribution in [0.15, 0.2) is 54.2 Å². The van der Waals surface area contributed by atoms with Gasteiger partial charge in [-0.2, -0.15) is 5.26 Å². The number of hydrogen-bond acceptors (Lipinski definition) is 8. The molecule has 0 bridgehead atoms. The molecule has 0 spiro atoms. The normalized spacial score (nSPS) is 26.2. The Morgan fingerprint density at radius 2 is 1.93 bits per heavy atom. The molecule has 2 aromatic rings. The molecule has 8 nitrogen and oxygen atoms in total. The standard InChI is InChI=1S/C20H21N5O3/c1-26-12-3-4-15(27-2)13(9-12)16-14(10-21)19(22)28-20-17(16)18(24-25-20)11-5-7-23-8-6-11/h3-9,16-18,20,24-25H,22H2,1-2H3. The van der Waals surface area contributed by atoms with E-state index in [1.54, 1.807) is 26.6 Å². The first-order valence-electron chi connectivity index (χ1n) is 8.87. The zero-order valence-electron chi connectivity index (χ0n) is 15.5. The van der Waals surface area contributed by atoms with Gasteiger partial charge in [0.05, 0.1) is 25.8 Å². The summed E-state index contributed by atoms with van der Waals surface area (Å²) in [6, 6.07) is 11.5. The molecule has 144 valence electrons. The van der Waals surface area contributed by atoms with Crippen LogP contribution >= 0.6 is 0 Å². The van der Waals surface area contributed by atoms with Crippen LogP contribution in [0.25, 0.3) is 0 Å². The fourth-order valence-corrected chi connectivity index (χ4v) is 4.01. The van der Waals surface area contributed by atoms with Crippen molar-refractivity contribution >= 4 is 0 Å². The van der Waals surface area contributed by atoms with Crippen LogP contribution < -0.4 is 26.1 Å². The zero-order chi connectivity index (χ0) is 19.7. The van der Waals surface area contributed by atoms with E-state index in [1.165, 1.54) is 0 Å². The lowest BCUT2D eigenvalue weighted by Gasteiger charge is -2.36. The fraction of sp³-hybridized carbons (Fsp3) is 0.300. The molecule has 3 heterocycles. The molecule has 1 fully saturated rings. The highest BCUT2D eigenvalue weighted by Crippen LogP contribution is 2.49. The Morgan fingerprint density at radius 1 is 1.14 bits per heavy atom. The van der Waals surface area contributed by atoms with E-state index in [1.807, 2.05) is 30.3 Å². The number of allylic oxidation sites excluding steroid dienone is 1. The van der Waals surface area contributed by atoms with Gasteiger partial charge in [-0.05, 0) is 35.9 Å². The minimum absolute atomic E-state index is 0.114. The summed E-state index contributed by atoms with van der Waals surface area (Å²) in [4.78, 5) is 4.09. The lowest BCUT2D eigenvalue weighted by molar-refractivity contribution is 0.0337. The number of nitrogens with zero attached hydrogens (tertiary/aromatic N) is 2. The van der Waals surface area contributed by atoms with Gasteiger partial charge in [0.1, 0.15) is 17.6 Å². The van der Waals surface area contributed by atoms with Gasteiger partial charge >= 0.3 is 0 Å². The predicted octanol–water partition coefficient (Wildman–Crippen LogP) is 1.70. The summed E-state index contributed by atoms with van der Waals surface area (Å²) in [6.45, 7) is 0. The second-order valence-electron chi connectivity index (χ2n) is 6.64. The fourth-order valence-electron chi connectivity index (χ4n) is 4.01. The molecule has 2 aliphatic heterocycles. The SMILES string of the molecule is COc1ccc(OC)c(C2C(C#N)=C(N)OC3NNC(c4ccncc4)C32)c1. The van der Waals surface area contributed by atoms with E-state index in [0.717, 1.165) is 11.1 Å². The van der Waals surface area contributed by atoms with Crippen LogP contribution in [0.4, 0.5) is 0 Å². The van der Waals surface area contributed by atoms with Crippen molar-refractivity contribution in [2.24, 2.45) is 11.7 Å². The maximum Gasteiger partial charge on any atom is 0.200 e. The van der Waals surface area contributed by atoms with Gasteiger partial charge in [0.25, 0.3) is 0 Å². The molecule has 0 radical (unpaired) electrons. The van der Waals surface area contributed by atoms with Gasteiger partial charge in [0.2, 0.25) is 5.88 Å². The van der Waals surface area contributed by atoms with Crippen molar-refractivity contribution in [3.05, 3.63) is 65.3 Å². The molecule has 1 aromatic heterocycles. The zero-order valence-corrected chi connectivity index (χ0v) is 15.5. The summed E-state index contributed by atoms with van der Waals surface area (Å²) in [5, 5.41) is 9.87. The number of nitrogens with two attached hydrogens (primary N) is 1. The molecule has 8 heteroatoms. The smallest absolute Gasteiger partial charge is 0.200 e. The monoisotopic (exact) mass is 379 g/mol. The van der Waals surface area contributed by atoms with Crippen molar-refractivity contribution in [3.63, 3.8) is 0 Å². The topological polar surface area (TPSA) is 114 Å². The molecular formula is C20H21N5O3. The summed E-state index contributed by atoms with van der Waals surface area (Å²) >= 11 is 0. The summed E-state index contributed by atoms with van der Waals surface area (Å²) < 4.78 is 16.8. The number of pyridine rings is 1. The number of hydrazine groups is 1. The third kappa shape index (κ3) is 2.91. The van der Waals surface area contributed by atoms with Gasteiger partial charge in [0, 0.05) is 29.8 Å². The third-order valence-corrected chi connectivity index (χ3v) is 5.29. The van der Waals surface area contributed by atoms with Crippen molar-refractivity contribution in [1.82, 2.24) is 15.8 Å². The Kier molecular flexibility index (Phi) is 4.77. The first-order valence-corrected chi connectivity index (χ1v) is 8.87. The van der Waals surface area contributed by atoms with Crippen molar-refractivity contribution in [1.29, 1.82) is 5.26 Å². The molecule has 4 atom stereocenters. The Bertz CT molecular complexity index is 941. The molecular weight excluding hydrogens is 358 g/mol. The van der Waals surface area contributed by atoms with Gasteiger partial charge in [-0.3, -0.25) is 4.98 Å². The minimum atomic E-state index is -0.406. The van der Waals surface area contributed by atoms with Crippen LogP contribution in [-0.2, 0) is 4.74 Å². The lowest BCUT2D eigenvalue weighted by Crippen LogP contribution is -2.41. The third-order valence-electron chi connectivity index (χ3n) is 5.29. The van der Waals surface area contributed by atoms with E-state index in [2.05, 4.69) is 21.9 Å². The minimum Gasteiger partial charge on any atom is -0.497 e. The number of nitrogens with one attached hydrogen (secondary N) is 2. The average molecular weight is 379 g/mol. The van der Waals surface area contributed by atoms with E-state index < -0.39 is 6.23 Å². The van der Waals surface area contributed by atoms with Crippen molar-refractivity contribution in [2.45, 2.75) is 18.2 Å². The molecule has 4 unspecified atom stereocenters. The number of rotatable bonds is 4. The largest absolute Gasteiger partial charge is 0.497 e. The van der Waals surface area contributed by atoms with Gasteiger partial charge in [0.15, 0.2) is 6.23 Å². The summed E-state index contributed by atoms with van der Waals surface area (Å²) in [7, 11) is 3.21. The molecule has 1 saturated heterocycles. The Hall–Kier alpha value is -3.28. The van der Waals surface area contributed by atoms with Gasteiger partial charge in [-0.1, -0.05) is 0 Å². The molecule has 0 saturated carbocycles. The Morgan fingerprint density at radius 3 is 2.61 bits per heavy atom. The van der Waals surface area contributed by atoms with Crippen molar-refractivity contribution in [3.8, 4) is 17.6 Å². The van der Waals surface area contributed by atoms with E-state index in [4.69, 9.17) is 19.9 Å². The van der Waals surface area contributed by atoms with E-state index in [0.29, 0.717) is 17.1 Å². The lowest BCUT2D eigenvalue weighted by atomic mass is 9.74. The van der Waals surface area contributed by atoms with Crippen LogP contribution in [0.1, 0.15) is 23.1 Å². The molecule has 0 amide bonds. The summed E-state index contributed by atoms with van der Waals surface area (Å²) in [6.07, 6.45) is 3.07. The van der Waals surface area contributed by atoms with Crippen LogP contribution in [0, 0.1) is 17.2 Å². The number of methoxy groups -OCH3 is 2. The number of nitriles is 1. The van der Waals surface area contributed by atoms with Crippen LogP contribution in [0.3, 0.4) is 0 Å². The highest BCUT2D eigenvalue weighted by molar-refractivity contribution is 5.51. The maximum atomic E-state index is 9.87. The molecule has 2 aliphatic rings. The first-order chi connectivity index (χ1) is 13.7. The summed E-state index contributed by atoms with van der Waals surface area (Å²) in [5.74, 6) is 0.949. The molecule has 4 N–H and O–H groups in total. The number of ether oxygens (including phenoxy) is 3. The Labute approximate surface area is 162 Å². The molecule has 0 aliphatic carbocycles. The van der Waals surface area contributed by atoms with Crippen LogP contribution in [-0.4, -0.2) is 25.4 Å². The number of aromatic nitrogens is 1. The summed E-state index contributed by atoms with van der Waals surface area (Å²) in [5.41, 5.74) is 14.8. The average Bonchev–Trinajstić information content (AvgIpc) is 3.16. The van der Waals surface area contributed by atoms with Gasteiger partial charge in [-0.25, -0.2) is 10.9 Å². The van der Waals surface area contributed by atoms with Gasteiger partial charge < -0.3 is 19.9 Å². The van der Waals surface area contributed by atoms with Crippen molar-refractivity contribution < 1.29 is 14.2 Å². The van der Waals surface area contributed by atoms with E-state index >= 15 is 0 Å². The first kappa shape index (κ1) is 18.1. The molecule has 28 heavy (non-hydrogen) atoms. The highest BCUT2D eigenvalue weighted by Gasteiger charge is 2.50. The number of hydrogen-bond donors (Lipinski definition) is 3. The molecule has 4 rings (SSSR count). The Balaban J connectivity index is 1.88. The maximum absolute atomic E-state index is 9.87. The van der Waals surface area contributed by atoms with Crippen molar-refractivity contribution in [2.75, 3.05) is 14.2 Å². The number of fused-ring (bicyclic) bond motifs is 1. The predicted molar refractivity (Wildman–Crippen MR) is 101 cm³/mol. The second-order valence-corrected chi connectivity index (χ2v) is 6.64. The number of benzene rings is 1. The second kappa shape index (κ2) is 7.38. The van der Waals surface area contributed by atoms with Crippen LogP contribution in [0.2, 0.25) is 0 Å². The highest BCUT2D eigenvalue weighted by atomic mass is 16.5. The molecule has 1 aromatic carbocycles. The van der Waals surface area contributed by atoms with E-state index in [9.17, 15) is 5.26 Å². The van der Waals surface area contributed by atoms with Crippen LogP contribution in [0.5, 0.6) is 11.5 Å².